The molecule has 0 bridgehead atoms. The third-order valence-corrected chi connectivity index (χ3v) is 2.10. The lowest BCUT2D eigenvalue weighted by molar-refractivity contribution is 0.118. The lowest BCUT2D eigenvalue weighted by atomic mass is 10.4. The SMILES string of the molecule is CCCOCc1nn(C)cc1Br. The summed E-state index contributed by atoms with van der Waals surface area (Å²) in [6.07, 6.45) is 2.97. The zero-order chi connectivity index (χ0) is 8.97. The van der Waals surface area contributed by atoms with Crippen molar-refractivity contribution in [1.82, 2.24) is 9.78 Å². The van der Waals surface area contributed by atoms with Crippen molar-refractivity contribution in [1.29, 1.82) is 0 Å². The fourth-order valence-corrected chi connectivity index (χ4v) is 1.41. The second kappa shape index (κ2) is 4.62. The zero-order valence-electron chi connectivity index (χ0n) is 7.38. The molecule has 0 aromatic carbocycles. The number of rotatable bonds is 4. The summed E-state index contributed by atoms with van der Waals surface area (Å²) in [4.78, 5) is 0. The van der Waals surface area contributed by atoms with Crippen LogP contribution in [0.4, 0.5) is 0 Å². The molecule has 0 fully saturated rings. The Hall–Kier alpha value is -0.350. The van der Waals surface area contributed by atoms with Gasteiger partial charge in [0.05, 0.1) is 11.1 Å². The predicted octanol–water partition coefficient (Wildman–Crippen LogP) is 2.11. The normalized spacial score (nSPS) is 10.6. The molecule has 0 atom stereocenters. The largest absolute Gasteiger partial charge is 0.375 e. The summed E-state index contributed by atoms with van der Waals surface area (Å²) >= 11 is 3.41. The van der Waals surface area contributed by atoms with Crippen molar-refractivity contribution in [3.63, 3.8) is 0 Å². The minimum atomic E-state index is 0.593. The van der Waals surface area contributed by atoms with E-state index in [9.17, 15) is 0 Å². The van der Waals surface area contributed by atoms with Gasteiger partial charge in [0, 0.05) is 19.9 Å². The molecule has 0 aliphatic heterocycles. The number of halogens is 1. The van der Waals surface area contributed by atoms with Crippen molar-refractivity contribution < 1.29 is 4.74 Å². The number of ether oxygens (including phenoxy) is 1. The van der Waals surface area contributed by atoms with Crippen molar-refractivity contribution in [2.75, 3.05) is 6.61 Å². The minimum absolute atomic E-state index is 0.593. The van der Waals surface area contributed by atoms with E-state index in [4.69, 9.17) is 4.74 Å². The Morgan fingerprint density at radius 1 is 1.67 bits per heavy atom. The van der Waals surface area contributed by atoms with Crippen LogP contribution in [0.5, 0.6) is 0 Å². The summed E-state index contributed by atoms with van der Waals surface area (Å²) in [7, 11) is 1.90. The first-order valence-corrected chi connectivity index (χ1v) is 4.79. The molecule has 0 radical (unpaired) electrons. The fraction of sp³-hybridized carbons (Fsp3) is 0.625. The van der Waals surface area contributed by atoms with Gasteiger partial charge in [0.1, 0.15) is 5.69 Å². The van der Waals surface area contributed by atoms with E-state index < -0.39 is 0 Å². The Bertz CT molecular complexity index is 247. The van der Waals surface area contributed by atoms with Gasteiger partial charge in [0.15, 0.2) is 0 Å². The van der Waals surface area contributed by atoms with E-state index in [1.807, 2.05) is 13.2 Å². The highest BCUT2D eigenvalue weighted by atomic mass is 79.9. The number of aromatic nitrogens is 2. The zero-order valence-corrected chi connectivity index (χ0v) is 8.97. The maximum atomic E-state index is 5.36. The average Bonchev–Trinajstić information content (AvgIpc) is 2.31. The minimum Gasteiger partial charge on any atom is -0.375 e. The number of hydrogen-bond acceptors (Lipinski definition) is 2. The molecule has 1 rings (SSSR count). The molecule has 1 aromatic heterocycles. The number of aryl methyl sites for hydroxylation is 1. The molecule has 0 saturated heterocycles. The van der Waals surface area contributed by atoms with Crippen LogP contribution >= 0.6 is 15.9 Å². The maximum Gasteiger partial charge on any atom is 0.102 e. The molecule has 0 saturated carbocycles. The van der Waals surface area contributed by atoms with Gasteiger partial charge in [-0.1, -0.05) is 6.92 Å². The smallest absolute Gasteiger partial charge is 0.102 e. The van der Waals surface area contributed by atoms with Crippen molar-refractivity contribution >= 4 is 15.9 Å². The topological polar surface area (TPSA) is 27.1 Å². The monoisotopic (exact) mass is 232 g/mol. The van der Waals surface area contributed by atoms with Crippen molar-refractivity contribution in [2.45, 2.75) is 20.0 Å². The molecular formula is C8H13BrN2O. The second-order valence-corrected chi connectivity index (χ2v) is 3.50. The molecule has 0 aliphatic carbocycles. The van der Waals surface area contributed by atoms with Gasteiger partial charge in [-0.05, 0) is 22.4 Å². The average molecular weight is 233 g/mol. The van der Waals surface area contributed by atoms with E-state index in [1.165, 1.54) is 0 Å². The Balaban J connectivity index is 2.45. The highest BCUT2D eigenvalue weighted by molar-refractivity contribution is 9.10. The molecule has 1 heterocycles. The third kappa shape index (κ3) is 2.60. The molecular weight excluding hydrogens is 220 g/mol. The summed E-state index contributed by atoms with van der Waals surface area (Å²) < 4.78 is 8.14. The van der Waals surface area contributed by atoms with Gasteiger partial charge >= 0.3 is 0 Å². The van der Waals surface area contributed by atoms with Gasteiger partial charge in [-0.25, -0.2) is 0 Å². The van der Waals surface area contributed by atoms with Crippen molar-refractivity contribution in [2.24, 2.45) is 7.05 Å². The first-order valence-electron chi connectivity index (χ1n) is 3.99. The van der Waals surface area contributed by atoms with Gasteiger partial charge in [-0.15, -0.1) is 0 Å². The summed E-state index contributed by atoms with van der Waals surface area (Å²) in [6, 6.07) is 0. The standard InChI is InChI=1S/C8H13BrN2O/c1-3-4-12-6-8-7(9)5-11(2)10-8/h5H,3-4,6H2,1-2H3. The van der Waals surface area contributed by atoms with Crippen LogP contribution in [0.25, 0.3) is 0 Å². The van der Waals surface area contributed by atoms with Crippen LogP contribution in [-0.2, 0) is 18.4 Å². The summed E-state index contributed by atoms with van der Waals surface area (Å²) in [5, 5.41) is 4.23. The summed E-state index contributed by atoms with van der Waals surface area (Å²) in [5.41, 5.74) is 0.964. The second-order valence-electron chi connectivity index (χ2n) is 2.65. The molecule has 0 N–H and O–H groups in total. The predicted molar refractivity (Wildman–Crippen MR) is 50.9 cm³/mol. The highest BCUT2D eigenvalue weighted by Gasteiger charge is 2.03. The number of hydrogen-bond donors (Lipinski definition) is 0. The van der Waals surface area contributed by atoms with Crippen LogP contribution < -0.4 is 0 Å². The van der Waals surface area contributed by atoms with Crippen LogP contribution in [0.15, 0.2) is 10.7 Å². The van der Waals surface area contributed by atoms with E-state index in [1.54, 1.807) is 4.68 Å². The Kier molecular flexibility index (Phi) is 3.75. The van der Waals surface area contributed by atoms with Gasteiger partial charge in [-0.2, -0.15) is 5.10 Å². The highest BCUT2D eigenvalue weighted by Crippen LogP contribution is 2.14. The van der Waals surface area contributed by atoms with E-state index in [0.29, 0.717) is 6.61 Å². The molecule has 68 valence electrons. The van der Waals surface area contributed by atoms with Crippen molar-refractivity contribution in [3.05, 3.63) is 16.4 Å². The first-order chi connectivity index (χ1) is 5.74. The van der Waals surface area contributed by atoms with Gasteiger partial charge < -0.3 is 4.74 Å². The van der Waals surface area contributed by atoms with E-state index >= 15 is 0 Å². The third-order valence-electron chi connectivity index (χ3n) is 1.44. The Morgan fingerprint density at radius 3 is 2.92 bits per heavy atom. The molecule has 0 spiro atoms. The van der Waals surface area contributed by atoms with Gasteiger partial charge in [-0.3, -0.25) is 4.68 Å². The molecule has 0 amide bonds. The Labute approximate surface area is 80.8 Å². The lowest BCUT2D eigenvalue weighted by Crippen LogP contribution is -1.96. The molecule has 1 aromatic rings. The van der Waals surface area contributed by atoms with Crippen molar-refractivity contribution in [3.8, 4) is 0 Å². The van der Waals surface area contributed by atoms with E-state index in [0.717, 1.165) is 23.2 Å². The Morgan fingerprint density at radius 2 is 2.42 bits per heavy atom. The lowest BCUT2D eigenvalue weighted by Gasteiger charge is -1.98. The summed E-state index contributed by atoms with van der Waals surface area (Å²) in [5.74, 6) is 0. The van der Waals surface area contributed by atoms with E-state index in [-0.39, 0.29) is 0 Å². The molecule has 0 aliphatic rings. The van der Waals surface area contributed by atoms with Crippen LogP contribution in [0.1, 0.15) is 19.0 Å². The summed E-state index contributed by atoms with van der Waals surface area (Å²) in [6.45, 7) is 3.48. The quantitative estimate of drug-likeness (QED) is 0.744. The van der Waals surface area contributed by atoms with Crippen LogP contribution in [0.3, 0.4) is 0 Å². The van der Waals surface area contributed by atoms with Gasteiger partial charge in [0.2, 0.25) is 0 Å². The fourth-order valence-electron chi connectivity index (χ4n) is 0.917. The van der Waals surface area contributed by atoms with Crippen LogP contribution in [0, 0.1) is 0 Å². The van der Waals surface area contributed by atoms with Crippen LogP contribution in [-0.4, -0.2) is 16.4 Å². The maximum absolute atomic E-state index is 5.36. The van der Waals surface area contributed by atoms with Crippen LogP contribution in [0.2, 0.25) is 0 Å². The molecule has 0 unspecified atom stereocenters. The number of nitrogens with zero attached hydrogens (tertiary/aromatic N) is 2. The molecule has 4 heteroatoms. The molecule has 3 nitrogen and oxygen atoms in total. The molecule has 12 heavy (non-hydrogen) atoms. The van der Waals surface area contributed by atoms with Gasteiger partial charge in [0.25, 0.3) is 0 Å². The first kappa shape index (κ1) is 9.74. The van der Waals surface area contributed by atoms with E-state index in [2.05, 4.69) is 28.0 Å².